The maximum atomic E-state index is 13.8. The van der Waals surface area contributed by atoms with E-state index >= 15 is 0 Å². The summed E-state index contributed by atoms with van der Waals surface area (Å²) in [7, 11) is 1.83. The smallest absolute Gasteiger partial charge is 0.280 e. The number of aromatic nitrogens is 3. The molecule has 0 radical (unpaired) electrons. The molecule has 20 nitrogen and oxygen atoms in total. The molecule has 2 aromatic heterocycles. The SMILES string of the molecule is Cc1cc2cc(n1)-c1cnn(C)c1OCCC[C@@H](C)CN1/C(=N/C2=O)Nc2ccc(CN3CCN(C(=O)CCCOCC(=O)Nc4cccc5c4C(=O)N(C4CCC(=O)NC4=O)C5=O)CC3)cc21. The zero-order valence-corrected chi connectivity index (χ0v) is 38.2. The number of aliphatic imine (C=N–C) groups is 1. The Labute approximate surface area is 392 Å². The minimum Gasteiger partial charge on any atom is -0.477 e. The highest BCUT2D eigenvalue weighted by Crippen LogP contribution is 2.37. The van der Waals surface area contributed by atoms with Crippen molar-refractivity contribution in [1.29, 1.82) is 0 Å². The molecule has 9 rings (SSSR count). The first-order valence-corrected chi connectivity index (χ1v) is 23.0. The number of aryl methyl sites for hydroxylation is 2. The molecule has 2 bridgehead atoms. The van der Waals surface area contributed by atoms with Crippen LogP contribution in [0, 0.1) is 12.8 Å². The maximum absolute atomic E-state index is 13.8. The van der Waals surface area contributed by atoms with Gasteiger partial charge in [-0.3, -0.25) is 53.7 Å². The fourth-order valence-electron chi connectivity index (χ4n) is 9.31. The lowest BCUT2D eigenvalue weighted by Crippen LogP contribution is -2.54. The first-order chi connectivity index (χ1) is 32.8. The van der Waals surface area contributed by atoms with E-state index in [1.54, 1.807) is 23.0 Å². The van der Waals surface area contributed by atoms with Crippen LogP contribution in [0.15, 0.2) is 59.7 Å². The summed E-state index contributed by atoms with van der Waals surface area (Å²) < 4.78 is 13.5. The Morgan fingerprint density at radius 1 is 0.956 bits per heavy atom. The van der Waals surface area contributed by atoms with Crippen molar-refractivity contribution in [1.82, 2.24) is 34.8 Å². The van der Waals surface area contributed by atoms with Crippen LogP contribution in [0.3, 0.4) is 0 Å². The molecule has 2 atom stereocenters. The number of imide groups is 2. The molecule has 3 N–H and O–H groups in total. The number of benzene rings is 2. The van der Waals surface area contributed by atoms with Gasteiger partial charge in [0.2, 0.25) is 35.5 Å². The number of amides is 7. The summed E-state index contributed by atoms with van der Waals surface area (Å²) in [6, 6.07) is 13.1. The summed E-state index contributed by atoms with van der Waals surface area (Å²) in [4.78, 5) is 107. The topological polar surface area (TPSA) is 230 Å². The molecule has 2 fully saturated rings. The number of carbonyl (C=O) groups excluding carboxylic acids is 7. The van der Waals surface area contributed by atoms with E-state index in [1.807, 2.05) is 24.9 Å². The maximum Gasteiger partial charge on any atom is 0.280 e. The second kappa shape index (κ2) is 19.5. The first kappa shape index (κ1) is 45.8. The summed E-state index contributed by atoms with van der Waals surface area (Å²) in [5.74, 6) is -2.19. The van der Waals surface area contributed by atoms with E-state index in [-0.39, 0.29) is 67.0 Å². The number of pyridine rings is 1. The van der Waals surface area contributed by atoms with E-state index in [2.05, 4.69) is 54.9 Å². The lowest BCUT2D eigenvalue weighted by molar-refractivity contribution is -0.136. The van der Waals surface area contributed by atoms with Crippen LogP contribution >= 0.6 is 0 Å². The third-order valence-corrected chi connectivity index (χ3v) is 12.8. The zero-order valence-electron chi connectivity index (χ0n) is 38.2. The van der Waals surface area contributed by atoms with E-state index < -0.39 is 35.6 Å². The van der Waals surface area contributed by atoms with Crippen LogP contribution in [-0.4, -0.2) is 135 Å². The van der Waals surface area contributed by atoms with Gasteiger partial charge in [-0.25, -0.2) is 4.68 Å². The Morgan fingerprint density at radius 3 is 2.59 bits per heavy atom. The molecule has 354 valence electrons. The van der Waals surface area contributed by atoms with Crippen molar-refractivity contribution in [3.8, 4) is 17.1 Å². The van der Waals surface area contributed by atoms with Crippen molar-refractivity contribution in [2.75, 3.05) is 68.1 Å². The first-order valence-electron chi connectivity index (χ1n) is 23.0. The Morgan fingerprint density at radius 2 is 1.78 bits per heavy atom. The van der Waals surface area contributed by atoms with Gasteiger partial charge in [0.1, 0.15) is 12.6 Å². The van der Waals surface area contributed by atoms with Gasteiger partial charge in [-0.05, 0) is 80.5 Å². The number of piperazine rings is 1. The molecule has 5 aliphatic rings. The molecule has 7 amide bonds. The molecule has 0 saturated carbocycles. The van der Waals surface area contributed by atoms with Crippen LogP contribution in [0.1, 0.15) is 87.8 Å². The normalized spacial score (nSPS) is 20.5. The molecule has 20 heteroatoms. The molecule has 2 saturated heterocycles. The minimum atomic E-state index is -1.12. The van der Waals surface area contributed by atoms with Gasteiger partial charge in [0.25, 0.3) is 17.7 Å². The van der Waals surface area contributed by atoms with Gasteiger partial charge in [0.15, 0.2) is 0 Å². The fourth-order valence-corrected chi connectivity index (χ4v) is 9.31. The Balaban J connectivity index is 0.749. The van der Waals surface area contributed by atoms with Crippen molar-refractivity contribution in [2.45, 2.75) is 65.0 Å². The van der Waals surface area contributed by atoms with E-state index in [1.165, 1.54) is 18.2 Å². The van der Waals surface area contributed by atoms with Crippen LogP contribution in [0.4, 0.5) is 17.1 Å². The molecule has 2 aromatic carbocycles. The standard InChI is InChI=1S/C48H53N11O9/c1-28-7-5-20-68-47-33(24-49-55(47)3)36-23-31(21-29(2)50-36)43(63)54-48-52-34-12-11-30(22-38(34)58(48)25-28)26-56-15-17-57(18-16-56)41(62)10-6-19-67-27-40(61)51-35-9-4-8-32-42(35)46(66)59(45(32)65)37-13-14-39(60)53-44(37)64/h4,8-9,11-12,21-24,28,37H,5-7,10,13-20,25-27H2,1-3H3,(H,51,61)(H,52,54,63)(H,53,60,64)/t28-,37?/m1/s1. The zero-order chi connectivity index (χ0) is 47.6. The van der Waals surface area contributed by atoms with E-state index in [0.29, 0.717) is 81.1 Å². The fraction of sp³-hybridized carbons (Fsp3) is 0.417. The number of ether oxygens (including phenoxy) is 2. The van der Waals surface area contributed by atoms with Crippen LogP contribution < -0.4 is 25.6 Å². The van der Waals surface area contributed by atoms with Crippen molar-refractivity contribution in [2.24, 2.45) is 18.0 Å². The van der Waals surface area contributed by atoms with E-state index in [9.17, 15) is 33.6 Å². The summed E-state index contributed by atoms with van der Waals surface area (Å²) in [6.45, 7) is 8.21. The van der Waals surface area contributed by atoms with Crippen molar-refractivity contribution < 1.29 is 43.0 Å². The molecule has 68 heavy (non-hydrogen) atoms. The molecule has 0 spiro atoms. The van der Waals surface area contributed by atoms with Crippen LogP contribution in [0.25, 0.3) is 11.3 Å². The highest BCUT2D eigenvalue weighted by Gasteiger charge is 2.46. The van der Waals surface area contributed by atoms with Gasteiger partial charge >= 0.3 is 0 Å². The van der Waals surface area contributed by atoms with Gasteiger partial charge < -0.3 is 29.9 Å². The lowest BCUT2D eigenvalue weighted by atomic mass is 10.0. The van der Waals surface area contributed by atoms with Crippen molar-refractivity contribution in [3.05, 3.63) is 82.7 Å². The molecule has 4 aromatic rings. The van der Waals surface area contributed by atoms with E-state index in [0.717, 1.165) is 40.2 Å². The third kappa shape index (κ3) is 9.59. The van der Waals surface area contributed by atoms with Crippen molar-refractivity contribution in [3.63, 3.8) is 0 Å². The van der Waals surface area contributed by atoms with Crippen LogP contribution in [0.5, 0.6) is 5.88 Å². The molecule has 1 unspecified atom stereocenters. The number of guanidine groups is 1. The predicted molar refractivity (Wildman–Crippen MR) is 248 cm³/mol. The second-order valence-corrected chi connectivity index (χ2v) is 17.8. The number of anilines is 3. The Bertz CT molecular complexity index is 2740. The summed E-state index contributed by atoms with van der Waals surface area (Å²) in [5, 5.41) is 12.6. The Hall–Kier alpha value is -7.32. The van der Waals surface area contributed by atoms with Gasteiger partial charge in [-0.1, -0.05) is 19.1 Å². The monoisotopic (exact) mass is 927 g/mol. The quantitative estimate of drug-likeness (QED) is 0.153. The summed E-state index contributed by atoms with van der Waals surface area (Å²) >= 11 is 0. The average molecular weight is 928 g/mol. The Kier molecular flexibility index (Phi) is 13.1. The molecular formula is C48H53N11O9. The summed E-state index contributed by atoms with van der Waals surface area (Å²) in [5.41, 5.74) is 5.47. The van der Waals surface area contributed by atoms with Gasteiger partial charge in [-0.15, -0.1) is 0 Å². The number of nitrogens with one attached hydrogen (secondary N) is 3. The molecular weight excluding hydrogens is 875 g/mol. The second-order valence-electron chi connectivity index (χ2n) is 17.8. The largest absolute Gasteiger partial charge is 0.477 e. The third-order valence-electron chi connectivity index (χ3n) is 12.8. The minimum absolute atomic E-state index is 0.00361. The number of fused-ring (bicyclic) bond motifs is 8. The molecule has 5 aliphatic heterocycles. The van der Waals surface area contributed by atoms with Gasteiger partial charge in [0.05, 0.1) is 52.3 Å². The molecule has 7 heterocycles. The summed E-state index contributed by atoms with van der Waals surface area (Å²) in [6.07, 6.45) is 4.09. The highest BCUT2D eigenvalue weighted by atomic mass is 16.5. The predicted octanol–water partition coefficient (Wildman–Crippen LogP) is 3.51. The average Bonchev–Trinajstić information content (AvgIpc) is 3.93. The van der Waals surface area contributed by atoms with Crippen molar-refractivity contribution >= 4 is 64.4 Å². The number of piperidine rings is 1. The molecule has 0 aliphatic carbocycles. The number of hydrogen-bond acceptors (Lipinski definition) is 14. The number of hydrogen-bond donors (Lipinski definition) is 3. The van der Waals surface area contributed by atoms with E-state index in [4.69, 9.17) is 14.5 Å². The number of carbonyl (C=O) groups is 7. The van der Waals surface area contributed by atoms with Gasteiger partial charge in [-0.2, -0.15) is 10.1 Å². The number of rotatable bonds is 10. The lowest BCUT2D eigenvalue weighted by Gasteiger charge is -2.35. The highest BCUT2D eigenvalue weighted by molar-refractivity contribution is 6.26. The number of nitrogens with zero attached hydrogens (tertiary/aromatic N) is 8. The van der Waals surface area contributed by atoms with Gasteiger partial charge in [0, 0.05) is 77.0 Å². The van der Waals surface area contributed by atoms with Crippen LogP contribution in [-0.2, 0) is 37.5 Å². The van der Waals surface area contributed by atoms with Crippen LogP contribution in [0.2, 0.25) is 0 Å².